The van der Waals surface area contributed by atoms with Gasteiger partial charge in [-0.05, 0) is 6.08 Å². The second-order valence-corrected chi connectivity index (χ2v) is 2.51. The SMILES string of the molecule is FC(F)(F)CCN1C=NC=CC1. The zero-order valence-corrected chi connectivity index (χ0v) is 6.38. The second-order valence-electron chi connectivity index (χ2n) is 2.51. The van der Waals surface area contributed by atoms with Gasteiger partial charge in [-0.15, -0.1) is 0 Å². The van der Waals surface area contributed by atoms with Crippen molar-refractivity contribution in [3.8, 4) is 0 Å². The van der Waals surface area contributed by atoms with E-state index in [0.717, 1.165) is 0 Å². The maximum Gasteiger partial charge on any atom is 0.390 e. The van der Waals surface area contributed by atoms with Crippen molar-refractivity contribution in [2.75, 3.05) is 13.1 Å². The highest BCUT2D eigenvalue weighted by atomic mass is 19.4. The largest absolute Gasteiger partial charge is 0.390 e. The molecule has 68 valence electrons. The number of rotatable bonds is 2. The lowest BCUT2D eigenvalue weighted by Crippen LogP contribution is -2.28. The summed E-state index contributed by atoms with van der Waals surface area (Å²) in [5, 5.41) is 0. The van der Waals surface area contributed by atoms with Crippen molar-refractivity contribution in [1.82, 2.24) is 4.90 Å². The Bertz CT molecular complexity index is 195. The third-order valence-corrected chi connectivity index (χ3v) is 1.44. The van der Waals surface area contributed by atoms with E-state index in [-0.39, 0.29) is 6.54 Å². The monoisotopic (exact) mass is 178 g/mol. The molecule has 0 saturated carbocycles. The molecule has 0 unspecified atom stereocenters. The molecule has 0 amide bonds. The molecule has 0 aromatic rings. The van der Waals surface area contributed by atoms with Crippen molar-refractivity contribution < 1.29 is 13.2 Å². The molecule has 1 aliphatic heterocycles. The normalized spacial score (nSPS) is 17.1. The summed E-state index contributed by atoms with van der Waals surface area (Å²) in [6.45, 7) is 0.497. The van der Waals surface area contributed by atoms with Crippen molar-refractivity contribution in [3.05, 3.63) is 12.3 Å². The fourth-order valence-corrected chi connectivity index (χ4v) is 0.843. The van der Waals surface area contributed by atoms with Gasteiger partial charge in [-0.1, -0.05) is 0 Å². The van der Waals surface area contributed by atoms with Crippen LogP contribution in [-0.4, -0.2) is 30.5 Å². The van der Waals surface area contributed by atoms with Gasteiger partial charge in [0, 0.05) is 19.3 Å². The minimum atomic E-state index is -4.07. The van der Waals surface area contributed by atoms with Gasteiger partial charge in [-0.3, -0.25) is 0 Å². The number of halogens is 3. The molecule has 0 spiro atoms. The van der Waals surface area contributed by atoms with Crippen molar-refractivity contribution in [2.24, 2.45) is 4.99 Å². The fraction of sp³-hybridized carbons (Fsp3) is 0.571. The Morgan fingerprint density at radius 3 is 2.67 bits per heavy atom. The molecule has 0 bridgehead atoms. The van der Waals surface area contributed by atoms with Crippen LogP contribution in [0.4, 0.5) is 13.2 Å². The van der Waals surface area contributed by atoms with Crippen LogP contribution in [0.1, 0.15) is 6.42 Å². The maximum absolute atomic E-state index is 11.7. The molecular weight excluding hydrogens is 169 g/mol. The third-order valence-electron chi connectivity index (χ3n) is 1.44. The standard InChI is InChI=1S/C7H9F3N2/c8-7(9,10)2-5-12-4-1-3-11-6-12/h1,3,6H,2,4-5H2. The molecule has 12 heavy (non-hydrogen) atoms. The Balaban J connectivity index is 2.24. The Labute approximate surface area is 68.4 Å². The van der Waals surface area contributed by atoms with Crippen LogP contribution in [0.3, 0.4) is 0 Å². The smallest absolute Gasteiger partial charge is 0.358 e. The van der Waals surface area contributed by atoms with Gasteiger partial charge in [0.15, 0.2) is 0 Å². The van der Waals surface area contributed by atoms with E-state index in [9.17, 15) is 13.2 Å². The van der Waals surface area contributed by atoms with Crippen LogP contribution in [0, 0.1) is 0 Å². The molecule has 1 heterocycles. The minimum Gasteiger partial charge on any atom is -0.358 e. The summed E-state index contributed by atoms with van der Waals surface area (Å²) in [6, 6.07) is 0. The van der Waals surface area contributed by atoms with E-state index in [0.29, 0.717) is 6.54 Å². The first kappa shape index (κ1) is 9.09. The first-order valence-electron chi connectivity index (χ1n) is 3.57. The van der Waals surface area contributed by atoms with Crippen LogP contribution in [0.2, 0.25) is 0 Å². The Morgan fingerprint density at radius 2 is 2.17 bits per heavy atom. The topological polar surface area (TPSA) is 15.6 Å². The molecular formula is C7H9F3N2. The van der Waals surface area contributed by atoms with E-state index >= 15 is 0 Å². The highest BCUT2D eigenvalue weighted by molar-refractivity contribution is 5.57. The summed E-state index contributed by atoms with van der Waals surface area (Å²) < 4.78 is 35.2. The molecule has 5 heteroatoms. The van der Waals surface area contributed by atoms with Gasteiger partial charge in [0.25, 0.3) is 0 Å². The lowest BCUT2D eigenvalue weighted by molar-refractivity contribution is -0.135. The number of nitrogens with zero attached hydrogens (tertiary/aromatic N) is 2. The Morgan fingerprint density at radius 1 is 1.42 bits per heavy atom. The third kappa shape index (κ3) is 3.41. The van der Waals surface area contributed by atoms with E-state index in [1.165, 1.54) is 11.2 Å². The van der Waals surface area contributed by atoms with Crippen LogP contribution in [0.15, 0.2) is 17.3 Å². The molecule has 0 aliphatic carbocycles. The maximum atomic E-state index is 11.7. The molecule has 0 N–H and O–H groups in total. The summed E-state index contributed by atoms with van der Waals surface area (Å²) in [7, 11) is 0. The molecule has 0 atom stereocenters. The van der Waals surface area contributed by atoms with Crippen molar-refractivity contribution in [2.45, 2.75) is 12.6 Å². The second kappa shape index (κ2) is 3.60. The van der Waals surface area contributed by atoms with Crippen molar-refractivity contribution in [1.29, 1.82) is 0 Å². The molecule has 0 fully saturated rings. The minimum absolute atomic E-state index is 0.0165. The summed E-state index contributed by atoms with van der Waals surface area (Å²) >= 11 is 0. The summed E-state index contributed by atoms with van der Waals surface area (Å²) in [6.07, 6.45) is -0.145. The molecule has 2 nitrogen and oxygen atoms in total. The first-order chi connectivity index (χ1) is 5.58. The van der Waals surface area contributed by atoms with Gasteiger partial charge >= 0.3 is 6.18 Å². The molecule has 0 aromatic carbocycles. The lowest BCUT2D eigenvalue weighted by Gasteiger charge is -2.19. The summed E-state index contributed by atoms with van der Waals surface area (Å²) in [5.74, 6) is 0. The predicted octanol–water partition coefficient (Wildman–Crippen LogP) is 1.80. The number of aliphatic imine (C=N–C) groups is 1. The van der Waals surface area contributed by atoms with Gasteiger partial charge in [0.1, 0.15) is 0 Å². The van der Waals surface area contributed by atoms with Gasteiger partial charge in [-0.2, -0.15) is 13.2 Å². The lowest BCUT2D eigenvalue weighted by atomic mass is 10.3. The van der Waals surface area contributed by atoms with Gasteiger partial charge in [0.2, 0.25) is 0 Å². The van der Waals surface area contributed by atoms with E-state index in [4.69, 9.17) is 0 Å². The quantitative estimate of drug-likeness (QED) is 0.629. The zero-order chi connectivity index (χ0) is 9.03. The first-order valence-corrected chi connectivity index (χ1v) is 3.57. The molecule has 1 rings (SSSR count). The van der Waals surface area contributed by atoms with Crippen LogP contribution in [0.5, 0.6) is 0 Å². The van der Waals surface area contributed by atoms with Gasteiger partial charge < -0.3 is 4.90 Å². The van der Waals surface area contributed by atoms with E-state index in [1.807, 2.05) is 0 Å². The predicted molar refractivity (Wildman–Crippen MR) is 39.9 cm³/mol. The molecule has 0 saturated heterocycles. The average Bonchev–Trinajstić information content (AvgIpc) is 2.02. The van der Waals surface area contributed by atoms with Crippen LogP contribution in [0.25, 0.3) is 0 Å². The van der Waals surface area contributed by atoms with Crippen molar-refractivity contribution in [3.63, 3.8) is 0 Å². The van der Waals surface area contributed by atoms with Crippen LogP contribution < -0.4 is 0 Å². The highest BCUT2D eigenvalue weighted by Gasteiger charge is 2.27. The van der Waals surface area contributed by atoms with E-state index in [1.54, 1.807) is 12.3 Å². The average molecular weight is 178 g/mol. The Hall–Kier alpha value is -1.00. The van der Waals surface area contributed by atoms with Crippen molar-refractivity contribution >= 4 is 6.34 Å². The number of hydrogen-bond acceptors (Lipinski definition) is 2. The molecule has 1 aliphatic rings. The number of hydrogen-bond donors (Lipinski definition) is 0. The Kier molecular flexibility index (Phi) is 2.73. The molecule has 0 aromatic heterocycles. The summed E-state index contributed by atoms with van der Waals surface area (Å²) in [4.78, 5) is 5.23. The molecule has 0 radical (unpaired) electrons. The fourth-order valence-electron chi connectivity index (χ4n) is 0.843. The van der Waals surface area contributed by atoms with Crippen LogP contribution >= 0.6 is 0 Å². The van der Waals surface area contributed by atoms with Gasteiger partial charge in [0.05, 0.1) is 12.8 Å². The van der Waals surface area contributed by atoms with E-state index < -0.39 is 12.6 Å². The zero-order valence-electron chi connectivity index (χ0n) is 6.38. The highest BCUT2D eigenvalue weighted by Crippen LogP contribution is 2.19. The summed E-state index contributed by atoms with van der Waals surface area (Å²) in [5.41, 5.74) is 0. The van der Waals surface area contributed by atoms with E-state index in [2.05, 4.69) is 4.99 Å². The van der Waals surface area contributed by atoms with Crippen LogP contribution in [-0.2, 0) is 0 Å². The number of alkyl halides is 3. The van der Waals surface area contributed by atoms with Gasteiger partial charge in [-0.25, -0.2) is 4.99 Å².